The fourth-order valence-electron chi connectivity index (χ4n) is 2.59. The minimum absolute atomic E-state index is 0.574. The van der Waals surface area contributed by atoms with E-state index in [4.69, 9.17) is 5.26 Å². The van der Waals surface area contributed by atoms with Gasteiger partial charge in [-0.25, -0.2) is 8.42 Å². The number of hydrogen-bond donors (Lipinski definition) is 1. The topological polar surface area (TPSA) is 95.2 Å². The summed E-state index contributed by atoms with van der Waals surface area (Å²) in [6, 6.07) is 8.60. The van der Waals surface area contributed by atoms with E-state index in [0.29, 0.717) is 5.56 Å². The first-order valence-electron chi connectivity index (χ1n) is 5.65. The number of carboxylic acid groups (broad SMARTS) is 1. The molecule has 0 heterocycles. The van der Waals surface area contributed by atoms with Crippen LogP contribution in [0, 0.1) is 23.7 Å². The van der Waals surface area contributed by atoms with E-state index in [1.54, 1.807) is 30.3 Å². The highest BCUT2D eigenvalue weighted by atomic mass is 32.2. The number of hydrogen-bond acceptors (Lipinski definition) is 4. The summed E-state index contributed by atoms with van der Waals surface area (Å²) in [5.41, 5.74) is -0.300. The van der Waals surface area contributed by atoms with Crippen LogP contribution < -0.4 is 0 Å². The van der Waals surface area contributed by atoms with Crippen LogP contribution in [-0.4, -0.2) is 31.0 Å². The zero-order chi connectivity index (χ0) is 14.4. The number of nitrogens with zero attached hydrogens (tertiary/aromatic N) is 1. The van der Waals surface area contributed by atoms with Crippen molar-refractivity contribution in [3.05, 3.63) is 35.4 Å². The van der Waals surface area contributed by atoms with Gasteiger partial charge in [-0.15, -0.1) is 0 Å². The highest BCUT2D eigenvalue weighted by Gasteiger charge is 2.76. The van der Waals surface area contributed by atoms with Crippen LogP contribution in [-0.2, 0) is 14.6 Å². The van der Waals surface area contributed by atoms with Crippen molar-refractivity contribution in [1.82, 2.24) is 0 Å². The molecule has 3 unspecified atom stereocenters. The molecule has 3 atom stereocenters. The molecule has 0 aliphatic heterocycles. The van der Waals surface area contributed by atoms with Gasteiger partial charge in [0.2, 0.25) is 0 Å². The monoisotopic (exact) mass is 279 g/mol. The molecule has 1 N–H and O–H groups in total. The molecule has 0 bridgehead atoms. The van der Waals surface area contributed by atoms with Gasteiger partial charge >= 0.3 is 5.97 Å². The smallest absolute Gasteiger partial charge is 0.326 e. The molecule has 6 heteroatoms. The highest BCUT2D eigenvalue weighted by Crippen LogP contribution is 2.62. The molecule has 1 aromatic rings. The normalized spacial score (nSPS) is 29.5. The van der Waals surface area contributed by atoms with Gasteiger partial charge in [-0.2, -0.15) is 5.26 Å². The molecule has 0 saturated heterocycles. The van der Waals surface area contributed by atoms with E-state index >= 15 is 0 Å². The van der Waals surface area contributed by atoms with Crippen molar-refractivity contribution in [2.24, 2.45) is 5.41 Å². The third kappa shape index (κ3) is 1.90. The van der Waals surface area contributed by atoms with E-state index in [-0.39, 0.29) is 0 Å². The van der Waals surface area contributed by atoms with E-state index in [9.17, 15) is 18.3 Å². The second-order valence-electron chi connectivity index (χ2n) is 4.92. The number of aryl methyl sites for hydroxylation is 1. The lowest BCUT2D eigenvalue weighted by atomic mass is 10.00. The van der Waals surface area contributed by atoms with Crippen LogP contribution in [0.4, 0.5) is 0 Å². The average molecular weight is 279 g/mol. The second-order valence-corrected chi connectivity index (χ2v) is 7.09. The Bertz CT molecular complexity index is 672. The summed E-state index contributed by atoms with van der Waals surface area (Å²) >= 11 is 0. The van der Waals surface area contributed by atoms with E-state index in [2.05, 4.69) is 0 Å². The van der Waals surface area contributed by atoms with Crippen LogP contribution in [0.3, 0.4) is 0 Å². The van der Waals surface area contributed by atoms with Crippen LogP contribution in [0.15, 0.2) is 24.3 Å². The number of carbonyl (C=O) groups is 1. The third-order valence-electron chi connectivity index (χ3n) is 3.57. The summed E-state index contributed by atoms with van der Waals surface area (Å²) < 4.78 is 23.4. The fourth-order valence-corrected chi connectivity index (χ4v) is 4.35. The molecule has 0 radical (unpaired) electrons. The van der Waals surface area contributed by atoms with Crippen LogP contribution in [0.5, 0.6) is 0 Å². The molecule has 19 heavy (non-hydrogen) atoms. The number of carboxylic acids is 1. The molecule has 100 valence electrons. The number of aliphatic carboxylic acids is 1. The quantitative estimate of drug-likeness (QED) is 0.893. The molecule has 0 aromatic heterocycles. The van der Waals surface area contributed by atoms with Crippen LogP contribution in [0.2, 0.25) is 0 Å². The SMILES string of the molecule is Cc1ccc(C2C(S(C)(=O)=O)C2(C#N)C(=O)O)cc1. The lowest BCUT2D eigenvalue weighted by molar-refractivity contribution is -0.141. The van der Waals surface area contributed by atoms with Gasteiger partial charge in [0.05, 0.1) is 6.07 Å². The van der Waals surface area contributed by atoms with E-state index in [1.807, 2.05) is 6.92 Å². The summed E-state index contributed by atoms with van der Waals surface area (Å²) in [6.07, 6.45) is 0.973. The van der Waals surface area contributed by atoms with Gasteiger partial charge in [-0.3, -0.25) is 4.79 Å². The van der Waals surface area contributed by atoms with Gasteiger partial charge in [-0.05, 0) is 12.5 Å². The lowest BCUT2D eigenvalue weighted by Crippen LogP contribution is -2.21. The van der Waals surface area contributed by atoms with Crippen molar-refractivity contribution in [2.45, 2.75) is 18.1 Å². The Kier molecular flexibility index (Phi) is 2.90. The van der Waals surface area contributed by atoms with Crippen molar-refractivity contribution >= 4 is 15.8 Å². The summed E-state index contributed by atoms with van der Waals surface area (Å²) in [4.78, 5) is 11.3. The maximum absolute atomic E-state index is 11.7. The average Bonchev–Trinajstić information content (AvgIpc) is 3.00. The zero-order valence-electron chi connectivity index (χ0n) is 10.5. The van der Waals surface area contributed by atoms with E-state index < -0.39 is 32.4 Å². The molecule has 1 saturated carbocycles. The Morgan fingerprint density at radius 1 is 1.37 bits per heavy atom. The van der Waals surface area contributed by atoms with Gasteiger partial charge in [0.15, 0.2) is 15.3 Å². The van der Waals surface area contributed by atoms with Crippen molar-refractivity contribution in [1.29, 1.82) is 5.26 Å². The third-order valence-corrected chi connectivity index (χ3v) is 5.14. The Balaban J connectivity index is 2.54. The second kappa shape index (κ2) is 4.07. The molecule has 5 nitrogen and oxygen atoms in total. The Labute approximate surface area is 111 Å². The van der Waals surface area contributed by atoms with Gasteiger partial charge in [0.25, 0.3) is 0 Å². The van der Waals surface area contributed by atoms with Crippen LogP contribution >= 0.6 is 0 Å². The molecule has 2 rings (SSSR count). The lowest BCUT2D eigenvalue weighted by Gasteiger charge is -2.02. The number of sulfone groups is 1. The molecule has 0 spiro atoms. The van der Waals surface area contributed by atoms with Crippen LogP contribution in [0.1, 0.15) is 17.0 Å². The molecule has 1 aliphatic carbocycles. The predicted octanol–water partition coefficient (Wildman–Crippen LogP) is 1.10. The maximum atomic E-state index is 11.7. The molecule has 0 amide bonds. The Morgan fingerprint density at radius 2 is 1.89 bits per heavy atom. The van der Waals surface area contributed by atoms with Gasteiger partial charge in [0, 0.05) is 12.2 Å². The first kappa shape index (κ1) is 13.6. The first-order valence-corrected chi connectivity index (χ1v) is 7.60. The highest BCUT2D eigenvalue weighted by molar-refractivity contribution is 7.91. The van der Waals surface area contributed by atoms with Crippen molar-refractivity contribution in [3.8, 4) is 6.07 Å². The number of rotatable bonds is 3. The van der Waals surface area contributed by atoms with Crippen molar-refractivity contribution < 1.29 is 18.3 Å². The number of benzene rings is 1. The predicted molar refractivity (Wildman–Crippen MR) is 68.2 cm³/mol. The van der Waals surface area contributed by atoms with Crippen LogP contribution in [0.25, 0.3) is 0 Å². The molecular formula is C13H13NO4S. The number of nitriles is 1. The van der Waals surface area contributed by atoms with E-state index in [0.717, 1.165) is 11.8 Å². The minimum atomic E-state index is -3.61. The standard InChI is InChI=1S/C13H13NO4S/c1-8-3-5-9(6-4-8)10-11(19(2,17)18)13(10,7-14)12(15)16/h3-6,10-11H,1-2H3,(H,15,16). The summed E-state index contributed by atoms with van der Waals surface area (Å²) in [5, 5.41) is 17.2. The summed E-state index contributed by atoms with van der Waals surface area (Å²) in [6.45, 7) is 1.87. The van der Waals surface area contributed by atoms with Gasteiger partial charge < -0.3 is 5.11 Å². The zero-order valence-corrected chi connectivity index (χ0v) is 11.3. The Hall–Kier alpha value is -1.87. The summed E-state index contributed by atoms with van der Waals surface area (Å²) in [7, 11) is -3.61. The molecule has 1 aliphatic rings. The van der Waals surface area contributed by atoms with Gasteiger partial charge in [-0.1, -0.05) is 29.8 Å². The molecular weight excluding hydrogens is 266 g/mol. The summed E-state index contributed by atoms with van der Waals surface area (Å²) in [5.74, 6) is -2.18. The van der Waals surface area contributed by atoms with Crippen molar-refractivity contribution in [2.75, 3.05) is 6.26 Å². The largest absolute Gasteiger partial charge is 0.480 e. The Morgan fingerprint density at radius 3 is 2.21 bits per heavy atom. The first-order chi connectivity index (χ1) is 8.75. The fraction of sp³-hybridized carbons (Fsp3) is 0.385. The maximum Gasteiger partial charge on any atom is 0.326 e. The molecule has 1 aromatic carbocycles. The van der Waals surface area contributed by atoms with E-state index in [1.165, 1.54) is 0 Å². The van der Waals surface area contributed by atoms with Gasteiger partial charge in [0.1, 0.15) is 5.25 Å². The van der Waals surface area contributed by atoms with Crippen molar-refractivity contribution in [3.63, 3.8) is 0 Å². The molecule has 1 fully saturated rings. The minimum Gasteiger partial charge on any atom is -0.480 e.